The molecule has 0 aromatic carbocycles. The summed E-state index contributed by atoms with van der Waals surface area (Å²) in [4.78, 5) is 11.0. The van der Waals surface area contributed by atoms with Crippen LogP contribution in [-0.2, 0) is 4.79 Å². The molecule has 0 aliphatic rings. The lowest BCUT2D eigenvalue weighted by Crippen LogP contribution is -2.16. The largest absolute Gasteiger partial charge is 0.481 e. The molecule has 16 heavy (non-hydrogen) atoms. The summed E-state index contributed by atoms with van der Waals surface area (Å²) >= 11 is 0. The first kappa shape index (κ1) is 12.5. The Hall–Kier alpha value is -1.52. The van der Waals surface area contributed by atoms with E-state index in [1.165, 1.54) is 0 Å². The maximum absolute atomic E-state index is 11.0. The molecule has 1 atom stereocenters. The first-order chi connectivity index (χ1) is 7.56. The van der Waals surface area contributed by atoms with E-state index in [4.69, 9.17) is 14.4 Å². The van der Waals surface area contributed by atoms with Crippen molar-refractivity contribution in [3.8, 4) is 5.88 Å². The molecule has 0 spiro atoms. The molecule has 5 heteroatoms. The highest BCUT2D eigenvalue weighted by Crippen LogP contribution is 2.27. The second-order valence-electron chi connectivity index (χ2n) is 3.98. The van der Waals surface area contributed by atoms with Crippen LogP contribution in [0.5, 0.6) is 5.88 Å². The van der Waals surface area contributed by atoms with Crippen LogP contribution in [0.25, 0.3) is 0 Å². The third-order valence-electron chi connectivity index (χ3n) is 2.20. The fourth-order valence-corrected chi connectivity index (χ4v) is 1.43. The zero-order chi connectivity index (χ0) is 12.1. The topological polar surface area (TPSA) is 72.6 Å². The predicted molar refractivity (Wildman–Crippen MR) is 57.5 cm³/mol. The Labute approximate surface area is 94.4 Å². The second kappa shape index (κ2) is 5.53. The minimum absolute atomic E-state index is 0.0514. The third kappa shape index (κ3) is 2.98. The van der Waals surface area contributed by atoms with E-state index in [1.54, 1.807) is 6.07 Å². The monoisotopic (exact) mass is 227 g/mol. The van der Waals surface area contributed by atoms with E-state index in [2.05, 4.69) is 5.16 Å². The molecule has 0 radical (unpaired) electrons. The van der Waals surface area contributed by atoms with Crippen molar-refractivity contribution < 1.29 is 19.2 Å². The first-order valence-corrected chi connectivity index (χ1v) is 5.38. The molecule has 1 aromatic heterocycles. The van der Waals surface area contributed by atoms with Crippen LogP contribution in [0.15, 0.2) is 10.6 Å². The lowest BCUT2D eigenvalue weighted by atomic mass is 9.94. The molecule has 1 unspecified atom stereocenters. The Morgan fingerprint density at radius 1 is 1.62 bits per heavy atom. The summed E-state index contributed by atoms with van der Waals surface area (Å²) in [7, 11) is 0. The van der Waals surface area contributed by atoms with E-state index in [-0.39, 0.29) is 5.92 Å². The van der Waals surface area contributed by atoms with Crippen LogP contribution in [0.3, 0.4) is 0 Å². The number of hydrogen-bond acceptors (Lipinski definition) is 4. The van der Waals surface area contributed by atoms with Crippen LogP contribution >= 0.6 is 0 Å². The SMILES string of the molecule is CCCOc1cc(C(C(=O)O)C(C)C)on1. The summed E-state index contributed by atoms with van der Waals surface area (Å²) in [5.41, 5.74) is 0. The molecule has 0 aliphatic heterocycles. The third-order valence-corrected chi connectivity index (χ3v) is 2.20. The van der Waals surface area contributed by atoms with Crippen LogP contribution in [0.2, 0.25) is 0 Å². The molecule has 0 bridgehead atoms. The number of aliphatic carboxylic acids is 1. The minimum atomic E-state index is -0.909. The average molecular weight is 227 g/mol. The summed E-state index contributed by atoms with van der Waals surface area (Å²) in [5, 5.41) is 12.7. The second-order valence-corrected chi connectivity index (χ2v) is 3.98. The highest BCUT2D eigenvalue weighted by molar-refractivity contribution is 5.75. The van der Waals surface area contributed by atoms with Gasteiger partial charge in [0.15, 0.2) is 5.76 Å². The summed E-state index contributed by atoms with van der Waals surface area (Å²) in [6, 6.07) is 1.55. The molecular weight excluding hydrogens is 210 g/mol. The molecule has 0 saturated carbocycles. The number of ether oxygens (including phenoxy) is 1. The molecule has 1 heterocycles. The maximum Gasteiger partial charge on any atom is 0.314 e. The average Bonchev–Trinajstić information content (AvgIpc) is 2.62. The molecule has 5 nitrogen and oxygen atoms in total. The van der Waals surface area contributed by atoms with Gasteiger partial charge in [-0.05, 0) is 17.5 Å². The van der Waals surface area contributed by atoms with E-state index in [0.717, 1.165) is 6.42 Å². The quantitative estimate of drug-likeness (QED) is 0.807. The Balaban J connectivity index is 2.78. The molecule has 0 saturated heterocycles. The summed E-state index contributed by atoms with van der Waals surface area (Å²) < 4.78 is 10.2. The number of aromatic nitrogens is 1. The molecular formula is C11H17NO4. The van der Waals surface area contributed by atoms with Crippen molar-refractivity contribution in [2.75, 3.05) is 6.61 Å². The van der Waals surface area contributed by atoms with Crippen molar-refractivity contribution in [1.82, 2.24) is 5.16 Å². The number of rotatable bonds is 6. The zero-order valence-electron chi connectivity index (χ0n) is 9.77. The van der Waals surface area contributed by atoms with Crippen molar-refractivity contribution in [3.05, 3.63) is 11.8 Å². The van der Waals surface area contributed by atoms with Crippen molar-refractivity contribution in [1.29, 1.82) is 0 Å². The number of nitrogens with zero attached hydrogens (tertiary/aromatic N) is 1. The number of carboxylic acid groups (broad SMARTS) is 1. The van der Waals surface area contributed by atoms with Gasteiger partial charge in [-0.2, -0.15) is 0 Å². The van der Waals surface area contributed by atoms with Crippen LogP contribution in [0.1, 0.15) is 38.9 Å². The Bertz CT molecular complexity index is 346. The number of carboxylic acids is 1. The highest BCUT2D eigenvalue weighted by atomic mass is 16.5. The molecule has 1 aromatic rings. The van der Waals surface area contributed by atoms with Crippen LogP contribution in [-0.4, -0.2) is 22.8 Å². The number of hydrogen-bond donors (Lipinski definition) is 1. The fourth-order valence-electron chi connectivity index (χ4n) is 1.43. The van der Waals surface area contributed by atoms with Crippen molar-refractivity contribution in [2.24, 2.45) is 5.92 Å². The standard InChI is InChI=1S/C11H17NO4/c1-4-5-15-9-6-8(16-12-9)10(7(2)3)11(13)14/h6-7,10H,4-5H2,1-3H3,(H,13,14). The van der Waals surface area contributed by atoms with Crippen molar-refractivity contribution in [3.63, 3.8) is 0 Å². The van der Waals surface area contributed by atoms with Gasteiger partial charge in [-0.1, -0.05) is 20.8 Å². The van der Waals surface area contributed by atoms with E-state index >= 15 is 0 Å². The van der Waals surface area contributed by atoms with E-state index in [1.807, 2.05) is 20.8 Å². The van der Waals surface area contributed by atoms with Crippen LogP contribution < -0.4 is 4.74 Å². The summed E-state index contributed by atoms with van der Waals surface area (Å²) in [6.45, 7) is 6.18. The highest BCUT2D eigenvalue weighted by Gasteiger charge is 2.28. The van der Waals surface area contributed by atoms with Gasteiger partial charge in [0, 0.05) is 6.07 Å². The Morgan fingerprint density at radius 3 is 2.81 bits per heavy atom. The van der Waals surface area contributed by atoms with Crippen LogP contribution in [0.4, 0.5) is 0 Å². The van der Waals surface area contributed by atoms with Gasteiger partial charge < -0.3 is 14.4 Å². The van der Waals surface area contributed by atoms with E-state index < -0.39 is 11.9 Å². The lowest BCUT2D eigenvalue weighted by molar-refractivity contribution is -0.140. The van der Waals surface area contributed by atoms with Gasteiger partial charge in [0.25, 0.3) is 5.88 Å². The van der Waals surface area contributed by atoms with E-state index in [9.17, 15) is 4.79 Å². The van der Waals surface area contributed by atoms with Crippen LogP contribution in [0, 0.1) is 5.92 Å². The van der Waals surface area contributed by atoms with Gasteiger partial charge >= 0.3 is 5.97 Å². The summed E-state index contributed by atoms with van der Waals surface area (Å²) in [6.07, 6.45) is 0.870. The van der Waals surface area contributed by atoms with Crippen molar-refractivity contribution >= 4 is 5.97 Å². The molecule has 0 amide bonds. The minimum Gasteiger partial charge on any atom is -0.481 e. The summed E-state index contributed by atoms with van der Waals surface area (Å²) in [5.74, 6) is -0.943. The van der Waals surface area contributed by atoms with Gasteiger partial charge in [-0.3, -0.25) is 4.79 Å². The lowest BCUT2D eigenvalue weighted by Gasteiger charge is -2.11. The normalized spacial score (nSPS) is 12.8. The molecule has 0 fully saturated rings. The van der Waals surface area contributed by atoms with Gasteiger partial charge in [-0.15, -0.1) is 0 Å². The molecule has 0 aliphatic carbocycles. The van der Waals surface area contributed by atoms with Crippen molar-refractivity contribution in [2.45, 2.75) is 33.1 Å². The Kier molecular flexibility index (Phi) is 4.34. The Morgan fingerprint density at radius 2 is 2.31 bits per heavy atom. The van der Waals surface area contributed by atoms with Gasteiger partial charge in [0.05, 0.1) is 6.61 Å². The first-order valence-electron chi connectivity index (χ1n) is 5.38. The zero-order valence-corrected chi connectivity index (χ0v) is 9.77. The smallest absolute Gasteiger partial charge is 0.314 e. The van der Waals surface area contributed by atoms with Gasteiger partial charge in [0.2, 0.25) is 0 Å². The van der Waals surface area contributed by atoms with Gasteiger partial charge in [-0.25, -0.2) is 0 Å². The number of carbonyl (C=O) groups is 1. The molecule has 90 valence electrons. The fraction of sp³-hybridized carbons (Fsp3) is 0.636. The maximum atomic E-state index is 11.0. The molecule has 1 rings (SSSR count). The van der Waals surface area contributed by atoms with Gasteiger partial charge in [0.1, 0.15) is 5.92 Å². The molecule has 1 N–H and O–H groups in total. The predicted octanol–water partition coefficient (Wildman–Crippen LogP) is 2.29. The van der Waals surface area contributed by atoms with E-state index in [0.29, 0.717) is 18.2 Å².